The first-order valence-electron chi connectivity index (χ1n) is 7.05. The smallest absolute Gasteiger partial charge is 0.123 e. The number of benzene rings is 1. The molecule has 5 heteroatoms. The topological polar surface area (TPSA) is 24.5 Å². The summed E-state index contributed by atoms with van der Waals surface area (Å²) in [6.45, 7) is 3.79. The summed E-state index contributed by atoms with van der Waals surface area (Å²) in [6.07, 6.45) is 3.70. The Balaban J connectivity index is 0.00000200. The molecule has 1 unspecified atom stereocenters. The Morgan fingerprint density at radius 2 is 2.00 bits per heavy atom. The number of rotatable bonds is 5. The van der Waals surface area contributed by atoms with E-state index in [1.807, 2.05) is 0 Å². The molecule has 1 aromatic carbocycles. The second-order valence-electron chi connectivity index (χ2n) is 5.12. The van der Waals surface area contributed by atoms with Gasteiger partial charge in [-0.25, -0.2) is 4.39 Å². The van der Waals surface area contributed by atoms with Crippen molar-refractivity contribution >= 4 is 12.4 Å². The first kappa shape index (κ1) is 17.2. The Hall–Kier alpha value is -0.840. The minimum absolute atomic E-state index is 0. The minimum Gasteiger partial charge on any atom is -0.492 e. The molecule has 1 aliphatic rings. The van der Waals surface area contributed by atoms with Crippen LogP contribution in [0.3, 0.4) is 0 Å². The van der Waals surface area contributed by atoms with E-state index in [0.29, 0.717) is 12.6 Å². The average molecular weight is 303 g/mol. The van der Waals surface area contributed by atoms with Gasteiger partial charge in [-0.3, -0.25) is 4.90 Å². The molecule has 1 aromatic rings. The summed E-state index contributed by atoms with van der Waals surface area (Å²) in [5.74, 6) is 0.507. The maximum absolute atomic E-state index is 12.7. The highest BCUT2D eigenvalue weighted by atomic mass is 35.5. The number of halogens is 2. The van der Waals surface area contributed by atoms with Crippen molar-refractivity contribution in [1.82, 2.24) is 10.2 Å². The minimum atomic E-state index is -0.226. The molecule has 1 saturated heterocycles. The van der Waals surface area contributed by atoms with E-state index in [2.05, 4.69) is 17.3 Å². The van der Waals surface area contributed by atoms with Crippen molar-refractivity contribution in [2.24, 2.45) is 0 Å². The van der Waals surface area contributed by atoms with Crippen LogP contribution in [0.2, 0.25) is 0 Å². The van der Waals surface area contributed by atoms with E-state index in [-0.39, 0.29) is 18.2 Å². The first-order valence-corrected chi connectivity index (χ1v) is 7.05. The monoisotopic (exact) mass is 302 g/mol. The van der Waals surface area contributed by atoms with Crippen LogP contribution in [0.4, 0.5) is 4.39 Å². The van der Waals surface area contributed by atoms with Gasteiger partial charge in [0.05, 0.1) is 0 Å². The van der Waals surface area contributed by atoms with Crippen molar-refractivity contribution in [2.45, 2.75) is 25.3 Å². The number of hydrogen-bond acceptors (Lipinski definition) is 3. The zero-order valence-electron chi connectivity index (χ0n) is 12.0. The molecule has 114 valence electrons. The van der Waals surface area contributed by atoms with Crippen LogP contribution < -0.4 is 10.1 Å². The molecule has 0 bridgehead atoms. The summed E-state index contributed by atoms with van der Waals surface area (Å²) in [5, 5.41) is 3.43. The summed E-state index contributed by atoms with van der Waals surface area (Å²) < 4.78 is 18.4. The van der Waals surface area contributed by atoms with E-state index in [1.165, 1.54) is 31.4 Å². The molecule has 1 N–H and O–H groups in total. The van der Waals surface area contributed by atoms with Gasteiger partial charge in [0, 0.05) is 12.6 Å². The first-order chi connectivity index (χ1) is 9.25. The lowest BCUT2D eigenvalue weighted by Crippen LogP contribution is -2.35. The molecule has 0 aliphatic carbocycles. The lowest BCUT2D eigenvalue weighted by molar-refractivity contribution is 0.180. The van der Waals surface area contributed by atoms with Gasteiger partial charge < -0.3 is 10.1 Å². The van der Waals surface area contributed by atoms with Crippen molar-refractivity contribution in [3.05, 3.63) is 30.1 Å². The molecule has 0 spiro atoms. The fraction of sp³-hybridized carbons (Fsp3) is 0.600. The zero-order valence-corrected chi connectivity index (χ0v) is 12.8. The van der Waals surface area contributed by atoms with Crippen LogP contribution in [0.15, 0.2) is 24.3 Å². The van der Waals surface area contributed by atoms with E-state index in [4.69, 9.17) is 4.74 Å². The molecule has 0 radical (unpaired) electrons. The van der Waals surface area contributed by atoms with Crippen molar-refractivity contribution in [1.29, 1.82) is 0 Å². The second kappa shape index (κ2) is 9.16. The van der Waals surface area contributed by atoms with Gasteiger partial charge in [-0.05, 0) is 63.7 Å². The summed E-state index contributed by atoms with van der Waals surface area (Å²) in [6, 6.07) is 6.84. The number of ether oxygens (including phenoxy) is 1. The second-order valence-corrected chi connectivity index (χ2v) is 5.12. The Morgan fingerprint density at radius 3 is 2.75 bits per heavy atom. The molecule has 0 amide bonds. The standard InChI is InChI=1S/C15H23FN2O.ClH/c1-18(14-3-2-9-17-10-8-14)11-12-19-15-6-4-13(16)5-7-15;/h4-7,14,17H,2-3,8-12H2,1H3;1H. The van der Waals surface area contributed by atoms with Crippen LogP contribution in [-0.2, 0) is 0 Å². The Bertz CT molecular complexity index is 367. The van der Waals surface area contributed by atoms with Gasteiger partial charge in [0.2, 0.25) is 0 Å². The molecule has 1 fully saturated rings. The molecule has 20 heavy (non-hydrogen) atoms. The van der Waals surface area contributed by atoms with E-state index >= 15 is 0 Å². The molecule has 0 saturated carbocycles. The van der Waals surface area contributed by atoms with Gasteiger partial charge >= 0.3 is 0 Å². The van der Waals surface area contributed by atoms with E-state index < -0.39 is 0 Å². The van der Waals surface area contributed by atoms with Crippen molar-refractivity contribution in [3.63, 3.8) is 0 Å². The Morgan fingerprint density at radius 1 is 1.25 bits per heavy atom. The number of hydrogen-bond donors (Lipinski definition) is 1. The SMILES string of the molecule is CN(CCOc1ccc(F)cc1)C1CCCNCC1.Cl. The predicted octanol–water partition coefficient (Wildman–Crippen LogP) is 2.70. The maximum atomic E-state index is 12.7. The predicted molar refractivity (Wildman–Crippen MR) is 82.3 cm³/mol. The maximum Gasteiger partial charge on any atom is 0.123 e. The highest BCUT2D eigenvalue weighted by Crippen LogP contribution is 2.13. The summed E-state index contributed by atoms with van der Waals surface area (Å²) >= 11 is 0. The van der Waals surface area contributed by atoms with Crippen LogP contribution in [0.5, 0.6) is 5.75 Å². The largest absolute Gasteiger partial charge is 0.492 e. The van der Waals surface area contributed by atoms with Gasteiger partial charge in [-0.1, -0.05) is 0 Å². The van der Waals surface area contributed by atoms with Crippen LogP contribution in [0.1, 0.15) is 19.3 Å². The third kappa shape index (κ3) is 5.65. The van der Waals surface area contributed by atoms with E-state index in [0.717, 1.165) is 25.4 Å². The number of likely N-dealkylation sites (N-methyl/N-ethyl adjacent to an activating group) is 1. The van der Waals surface area contributed by atoms with Gasteiger partial charge in [0.15, 0.2) is 0 Å². The van der Waals surface area contributed by atoms with E-state index in [9.17, 15) is 4.39 Å². The summed E-state index contributed by atoms with van der Waals surface area (Å²) in [4.78, 5) is 2.37. The third-order valence-corrected chi connectivity index (χ3v) is 3.69. The van der Waals surface area contributed by atoms with Crippen LogP contribution >= 0.6 is 12.4 Å². The highest BCUT2D eigenvalue weighted by molar-refractivity contribution is 5.85. The molecule has 2 rings (SSSR count). The quantitative estimate of drug-likeness (QED) is 0.905. The number of nitrogens with one attached hydrogen (secondary N) is 1. The summed E-state index contributed by atoms with van der Waals surface area (Å²) in [7, 11) is 2.16. The van der Waals surface area contributed by atoms with Gasteiger partial charge in [-0.15, -0.1) is 12.4 Å². The fourth-order valence-corrected chi connectivity index (χ4v) is 2.46. The average Bonchev–Trinajstić information content (AvgIpc) is 2.70. The zero-order chi connectivity index (χ0) is 13.5. The van der Waals surface area contributed by atoms with Crippen molar-refractivity contribution < 1.29 is 9.13 Å². The lowest BCUT2D eigenvalue weighted by atomic mass is 10.1. The normalized spacial score (nSPS) is 19.2. The van der Waals surface area contributed by atoms with Gasteiger partial charge in [0.1, 0.15) is 18.2 Å². The molecular weight excluding hydrogens is 279 g/mol. The van der Waals surface area contributed by atoms with Gasteiger partial charge in [-0.2, -0.15) is 0 Å². The molecule has 1 heterocycles. The fourth-order valence-electron chi connectivity index (χ4n) is 2.46. The lowest BCUT2D eigenvalue weighted by Gasteiger charge is -2.26. The molecule has 1 atom stereocenters. The Kier molecular flexibility index (Phi) is 7.88. The Labute approximate surface area is 126 Å². The van der Waals surface area contributed by atoms with Crippen molar-refractivity contribution in [2.75, 3.05) is 33.3 Å². The molecular formula is C15H24ClFN2O. The molecule has 3 nitrogen and oxygen atoms in total. The summed E-state index contributed by atoms with van der Waals surface area (Å²) in [5.41, 5.74) is 0. The van der Waals surface area contributed by atoms with Crippen LogP contribution in [0, 0.1) is 5.82 Å². The highest BCUT2D eigenvalue weighted by Gasteiger charge is 2.16. The van der Waals surface area contributed by atoms with Crippen LogP contribution in [-0.4, -0.2) is 44.2 Å². The van der Waals surface area contributed by atoms with Crippen molar-refractivity contribution in [3.8, 4) is 5.75 Å². The number of nitrogens with zero attached hydrogens (tertiary/aromatic N) is 1. The molecule has 0 aromatic heterocycles. The van der Waals surface area contributed by atoms with Gasteiger partial charge in [0.25, 0.3) is 0 Å². The third-order valence-electron chi connectivity index (χ3n) is 3.69. The molecule has 1 aliphatic heterocycles. The van der Waals surface area contributed by atoms with Crippen LogP contribution in [0.25, 0.3) is 0 Å². The van der Waals surface area contributed by atoms with E-state index in [1.54, 1.807) is 12.1 Å².